The van der Waals surface area contributed by atoms with Gasteiger partial charge in [0.15, 0.2) is 0 Å². The van der Waals surface area contributed by atoms with E-state index in [1.165, 1.54) is 91.7 Å². The number of fused-ring (bicyclic) bond motifs is 11. The molecule has 0 aliphatic carbocycles. The van der Waals surface area contributed by atoms with Crippen molar-refractivity contribution in [2.75, 3.05) is 13.2 Å². The maximum atomic E-state index is 13.2. The fourth-order valence-electron chi connectivity index (χ4n) is 18.0. The summed E-state index contributed by atoms with van der Waals surface area (Å²) in [6, 6.07) is 67.7. The van der Waals surface area contributed by atoms with Crippen LogP contribution in [0.4, 0.5) is 17.6 Å². The molecule has 139 heavy (non-hydrogen) atoms. The summed E-state index contributed by atoms with van der Waals surface area (Å²) in [4.78, 5) is 34.1. The first-order valence-electron chi connectivity index (χ1n) is 49.6. The lowest BCUT2D eigenvalue weighted by atomic mass is 9.96. The van der Waals surface area contributed by atoms with Crippen molar-refractivity contribution in [1.82, 2.24) is 0 Å². The quantitative estimate of drug-likeness (QED) is 0.0804. The number of carbonyl (C=O) groups excluding carboxylic acids is 3. The number of esters is 3. The Morgan fingerprint density at radius 3 is 0.914 bits per heavy atom. The number of ether oxygens (including phenoxy) is 11. The fraction of sp³-hybridized carbons (Fsp3) is 0.430. The smallest absolute Gasteiger partial charge is 0.400 e. The van der Waals surface area contributed by atoms with Crippen LogP contribution in [0.2, 0.25) is 0 Å². The molecule has 11 atom stereocenters. The summed E-state index contributed by atoms with van der Waals surface area (Å²) in [6.07, 6.45) is 7.84. The molecule has 0 radical (unpaired) electrons. The molecule has 22 rings (SSSR count). The van der Waals surface area contributed by atoms with Crippen molar-refractivity contribution in [2.45, 2.75) is 298 Å². The van der Waals surface area contributed by atoms with Crippen LogP contribution in [0.3, 0.4) is 0 Å². The van der Waals surface area contributed by atoms with Crippen LogP contribution in [0.1, 0.15) is 243 Å². The molecule has 0 bridgehead atoms. The van der Waals surface area contributed by atoms with Gasteiger partial charge in [-0.25, -0.2) is 9.59 Å². The Balaban J connectivity index is 0.000000137. The van der Waals surface area contributed by atoms with Crippen LogP contribution < -0.4 is 33.2 Å². The Kier molecular flexibility index (Phi) is 37.0. The van der Waals surface area contributed by atoms with Crippen LogP contribution in [-0.4, -0.2) is 80.0 Å². The van der Waals surface area contributed by atoms with Gasteiger partial charge in [-0.3, -0.25) is 4.79 Å². The Hall–Kier alpha value is -11.7. The molecule has 0 amide bonds. The van der Waals surface area contributed by atoms with Gasteiger partial charge in [-0.15, -0.1) is 0 Å². The lowest BCUT2D eigenvalue weighted by Gasteiger charge is -2.30. The van der Waals surface area contributed by atoms with E-state index in [1.54, 1.807) is 12.1 Å². The Morgan fingerprint density at radius 1 is 0.259 bits per heavy atom. The zero-order valence-corrected chi connectivity index (χ0v) is 85.7. The summed E-state index contributed by atoms with van der Waals surface area (Å²) in [5, 5.41) is 0. The van der Waals surface area contributed by atoms with Crippen LogP contribution in [0, 0.1) is 106 Å². The van der Waals surface area contributed by atoms with Crippen molar-refractivity contribution in [3.8, 4) is 40.2 Å². The summed E-state index contributed by atoms with van der Waals surface area (Å²) in [7, 11) is 0. The van der Waals surface area contributed by atoms with E-state index in [0.29, 0.717) is 60.6 Å². The lowest BCUT2D eigenvalue weighted by molar-refractivity contribution is -0.219. The van der Waals surface area contributed by atoms with E-state index in [4.69, 9.17) is 42.6 Å². The van der Waals surface area contributed by atoms with Crippen molar-refractivity contribution in [1.29, 1.82) is 0 Å². The first-order chi connectivity index (χ1) is 66.0. The summed E-state index contributed by atoms with van der Waals surface area (Å²) >= 11 is 0. The number of hydrogen-bond donors (Lipinski definition) is 0. The SMILES string of the molecule is Cc1ccc2c(c1)C(=O)OC(C)C2.Cc1ccc2c(c1)C(=O)OC(C)C2.Cc1ccc2c(c1)CCC(C)O2.Cc1ccc2c(c1)CCC(C)O2.Cc1ccc2c(c1)COC(C)C2.Cc1ccc2c(c1)COC(C)C2.Cc1ccc2c(c1)OC(=O)C(C)C2.Cc1ccc2c(c1)OC(F)(F)C(C)C2.Cc1ccc2c(c1)OC(F)(F)C(C)C2.Cc1ccc2c(c1)OCC(C)C2.Cc1ccc2c(c1)OCC(C)C2. The minimum atomic E-state index is -3.03. The molecule has 11 heterocycles. The third kappa shape index (κ3) is 30.9. The lowest BCUT2D eigenvalue weighted by Crippen LogP contribution is -2.37. The van der Waals surface area contributed by atoms with E-state index in [0.717, 1.165) is 193 Å². The Labute approximate surface area is 822 Å². The third-order valence-electron chi connectivity index (χ3n) is 26.2. The second-order valence-corrected chi connectivity index (χ2v) is 40.4. The molecule has 0 N–H and O–H groups in total. The average Bonchev–Trinajstić information content (AvgIpc) is 0.793. The minimum Gasteiger partial charge on any atom is -0.493 e. The molecule has 18 heteroatoms. The fourth-order valence-corrected chi connectivity index (χ4v) is 18.0. The molecular weight excluding hydrogens is 1750 g/mol. The zero-order valence-electron chi connectivity index (χ0n) is 85.7. The van der Waals surface area contributed by atoms with Crippen molar-refractivity contribution in [3.05, 3.63) is 345 Å². The van der Waals surface area contributed by atoms with Crippen LogP contribution in [0.15, 0.2) is 200 Å². The van der Waals surface area contributed by atoms with Gasteiger partial charge in [-0.1, -0.05) is 214 Å². The summed E-state index contributed by atoms with van der Waals surface area (Å²) in [5.41, 5.74) is 30.7. The van der Waals surface area contributed by atoms with Gasteiger partial charge < -0.3 is 52.1 Å². The van der Waals surface area contributed by atoms with E-state index in [-0.39, 0.29) is 36.0 Å². The van der Waals surface area contributed by atoms with Gasteiger partial charge in [0.25, 0.3) is 0 Å². The number of halogens is 4. The average molecular weight is 1900 g/mol. The maximum absolute atomic E-state index is 13.2. The molecule has 0 saturated heterocycles. The highest BCUT2D eigenvalue weighted by atomic mass is 19.3. The van der Waals surface area contributed by atoms with Gasteiger partial charge >= 0.3 is 30.1 Å². The Bertz CT molecular complexity index is 5430. The normalized spacial score (nSPS) is 21.8. The second-order valence-electron chi connectivity index (χ2n) is 40.4. The number of benzene rings is 11. The Morgan fingerprint density at radius 2 is 0.547 bits per heavy atom. The van der Waals surface area contributed by atoms with Crippen LogP contribution in [-0.2, 0) is 108 Å². The van der Waals surface area contributed by atoms with Gasteiger partial charge in [-0.2, -0.15) is 17.6 Å². The summed E-state index contributed by atoms with van der Waals surface area (Å²) in [5.74, 6) is 5.09. The number of alkyl halides is 4. The maximum Gasteiger partial charge on any atom is 0.400 e. The largest absolute Gasteiger partial charge is 0.493 e. The van der Waals surface area contributed by atoms with Gasteiger partial charge in [0.1, 0.15) is 52.5 Å². The predicted molar refractivity (Wildman–Crippen MR) is 545 cm³/mol. The molecule has 0 fully saturated rings. The molecule has 0 saturated carbocycles. The third-order valence-corrected chi connectivity index (χ3v) is 26.2. The molecule has 740 valence electrons. The number of hydrogen-bond acceptors (Lipinski definition) is 14. The van der Waals surface area contributed by atoms with Crippen LogP contribution in [0.5, 0.6) is 40.2 Å². The van der Waals surface area contributed by atoms with Crippen LogP contribution >= 0.6 is 0 Å². The first-order valence-corrected chi connectivity index (χ1v) is 49.6. The summed E-state index contributed by atoms with van der Waals surface area (Å²) < 4.78 is 111. The van der Waals surface area contributed by atoms with E-state index in [9.17, 15) is 31.9 Å². The molecule has 0 aromatic heterocycles. The molecule has 11 aliphatic heterocycles. The monoisotopic (exact) mass is 1900 g/mol. The highest BCUT2D eigenvalue weighted by molar-refractivity contribution is 5.93. The van der Waals surface area contributed by atoms with Gasteiger partial charge in [-0.05, 0) is 355 Å². The van der Waals surface area contributed by atoms with E-state index >= 15 is 0 Å². The van der Waals surface area contributed by atoms with Gasteiger partial charge in [0, 0.05) is 12.8 Å². The van der Waals surface area contributed by atoms with Crippen molar-refractivity contribution >= 4 is 17.9 Å². The number of cyclic esters (lactones) is 2. The number of aryl methyl sites for hydroxylation is 13. The van der Waals surface area contributed by atoms with E-state index in [1.807, 2.05) is 134 Å². The van der Waals surface area contributed by atoms with Crippen molar-refractivity contribution in [2.24, 2.45) is 29.6 Å². The highest BCUT2D eigenvalue weighted by Crippen LogP contribution is 2.42. The number of rotatable bonds is 0. The van der Waals surface area contributed by atoms with E-state index in [2.05, 4.69) is 202 Å². The predicted octanol–water partition coefficient (Wildman–Crippen LogP) is 28.1. The van der Waals surface area contributed by atoms with Gasteiger partial charge in [0.2, 0.25) is 0 Å². The molecule has 11 aromatic carbocycles. The van der Waals surface area contributed by atoms with Gasteiger partial charge in [0.05, 0.1) is 79.7 Å². The highest BCUT2D eigenvalue weighted by Gasteiger charge is 2.45. The van der Waals surface area contributed by atoms with Crippen molar-refractivity contribution < 1.29 is 84.1 Å². The minimum absolute atomic E-state index is 0.00444. The molecule has 11 aromatic rings. The standard InChI is InChI=1S/2C11H12F2O.3C11H12O2.6C11H14O/c2*1-7-3-4-9-6-8(2)11(12,13)14-10(9)5-7;2*1-7-3-4-9-6-8(2)13-11(12)10(9)5-7;1-7-3-4-9-6-8(2)11(12)13-10(9)5-7;2*1-8-3-6-11-10(7-8)5-4-9(2)12-11;2*1-8-3-4-10-5-9(2)7-12-11(10)6-8;2*1-8-3-4-10-6-9(2)12-7-11(10)5-8/h2*3-5,8H,6H2,1-2H3;3*3-5,8H,6H2,1-2H3;2*3,6-7,9H,4-5H2,1-2H3;2*3-4,6,9H,5,7H2,1-2H3;2*3-5,9H,6-7H2,1-2H3. The second kappa shape index (κ2) is 48.4. The topological polar surface area (TPSA) is 153 Å². The molecule has 11 unspecified atom stereocenters. The molecule has 0 spiro atoms. The first kappa shape index (κ1) is 106. The zero-order chi connectivity index (χ0) is 100. The number of carbonyl (C=O) groups is 3. The van der Waals surface area contributed by atoms with Crippen LogP contribution in [0.25, 0.3) is 0 Å². The summed E-state index contributed by atoms with van der Waals surface area (Å²) in [6.45, 7) is 47.4. The molecular formula is C121H144F4O14. The van der Waals surface area contributed by atoms with E-state index < -0.39 is 24.1 Å². The molecule has 11 aliphatic rings. The van der Waals surface area contributed by atoms with Crippen molar-refractivity contribution in [3.63, 3.8) is 0 Å². The molecule has 14 nitrogen and oxygen atoms in total.